The molecule has 0 spiro atoms. The molecule has 1 saturated heterocycles. The lowest BCUT2D eigenvalue weighted by atomic mass is 10.0. The summed E-state index contributed by atoms with van der Waals surface area (Å²) in [5, 5.41) is 11.5. The van der Waals surface area contributed by atoms with E-state index >= 15 is 0 Å². The van der Waals surface area contributed by atoms with E-state index in [4.69, 9.17) is 10.5 Å². The molecule has 3 rings (SSSR count). The standard InChI is InChI=1S/C11H14N6O3S/c1-5-13-15-16(14-5)3-6-4-21-10-7(12)9(18)17(10)8(6)11(19)20-2/h7,10H,3-4,12H2,1-2H3/t7?,10-/m1/s1. The van der Waals surface area contributed by atoms with Crippen LogP contribution in [0.4, 0.5) is 0 Å². The zero-order valence-corrected chi connectivity index (χ0v) is 12.3. The fourth-order valence-electron chi connectivity index (χ4n) is 2.35. The molecule has 2 aliphatic heterocycles. The largest absolute Gasteiger partial charge is 0.464 e. The third-order valence-corrected chi connectivity index (χ3v) is 4.71. The summed E-state index contributed by atoms with van der Waals surface area (Å²) >= 11 is 1.52. The smallest absolute Gasteiger partial charge is 0.354 e. The van der Waals surface area contributed by atoms with Gasteiger partial charge in [0.2, 0.25) is 5.91 Å². The van der Waals surface area contributed by atoms with Crippen molar-refractivity contribution in [2.45, 2.75) is 24.9 Å². The highest BCUT2D eigenvalue weighted by Gasteiger charge is 2.52. The number of aryl methyl sites for hydroxylation is 1. The average Bonchev–Trinajstić information content (AvgIpc) is 2.90. The number of ether oxygens (including phenoxy) is 1. The normalized spacial score (nSPS) is 24.7. The van der Waals surface area contributed by atoms with Crippen LogP contribution in [0.15, 0.2) is 11.3 Å². The molecule has 21 heavy (non-hydrogen) atoms. The summed E-state index contributed by atoms with van der Waals surface area (Å²) in [5.41, 5.74) is 6.73. The van der Waals surface area contributed by atoms with E-state index in [1.54, 1.807) is 6.92 Å². The molecule has 0 aromatic carbocycles. The van der Waals surface area contributed by atoms with Crippen LogP contribution >= 0.6 is 11.8 Å². The summed E-state index contributed by atoms with van der Waals surface area (Å²) in [7, 11) is 1.28. The van der Waals surface area contributed by atoms with E-state index in [0.717, 1.165) is 5.57 Å². The number of hydrogen-bond acceptors (Lipinski definition) is 8. The molecule has 0 radical (unpaired) electrons. The highest BCUT2D eigenvalue weighted by atomic mass is 32.2. The molecule has 10 heteroatoms. The Bertz CT molecular complexity index is 642. The molecule has 0 bridgehead atoms. The summed E-state index contributed by atoms with van der Waals surface area (Å²) in [4.78, 5) is 26.7. The Morgan fingerprint density at radius 1 is 1.57 bits per heavy atom. The number of hydrogen-bond donors (Lipinski definition) is 1. The number of esters is 1. The van der Waals surface area contributed by atoms with Crippen LogP contribution in [0.3, 0.4) is 0 Å². The second-order valence-corrected chi connectivity index (χ2v) is 5.85. The lowest BCUT2D eigenvalue weighted by molar-refractivity contribution is -0.149. The Morgan fingerprint density at radius 3 is 2.95 bits per heavy atom. The van der Waals surface area contributed by atoms with Gasteiger partial charge in [0.15, 0.2) is 5.82 Å². The number of amides is 1. The fraction of sp³-hybridized carbons (Fsp3) is 0.545. The first-order chi connectivity index (χ1) is 10.0. The second-order valence-electron chi connectivity index (χ2n) is 4.75. The minimum atomic E-state index is -0.567. The maximum absolute atomic E-state index is 12.0. The van der Waals surface area contributed by atoms with Gasteiger partial charge in [0.1, 0.15) is 17.1 Å². The van der Waals surface area contributed by atoms with Gasteiger partial charge >= 0.3 is 5.97 Å². The Labute approximate surface area is 124 Å². The number of β-lactam (4-membered cyclic amide) rings is 1. The Morgan fingerprint density at radius 2 is 2.33 bits per heavy atom. The predicted molar refractivity (Wildman–Crippen MR) is 72.7 cm³/mol. The molecule has 0 saturated carbocycles. The first-order valence-corrected chi connectivity index (χ1v) is 7.33. The molecule has 1 amide bonds. The van der Waals surface area contributed by atoms with E-state index in [1.807, 2.05) is 0 Å². The van der Waals surface area contributed by atoms with Gasteiger partial charge in [-0.1, -0.05) is 0 Å². The number of nitrogens with two attached hydrogens (primary N) is 1. The van der Waals surface area contributed by atoms with E-state index in [9.17, 15) is 9.59 Å². The number of fused-ring (bicyclic) bond motifs is 1. The van der Waals surface area contributed by atoms with E-state index in [2.05, 4.69) is 15.4 Å². The Kier molecular flexibility index (Phi) is 3.41. The van der Waals surface area contributed by atoms with Gasteiger partial charge in [-0.2, -0.15) is 4.80 Å². The molecule has 0 aliphatic carbocycles. The van der Waals surface area contributed by atoms with Crippen molar-refractivity contribution in [3.63, 3.8) is 0 Å². The number of thioether (sulfide) groups is 1. The van der Waals surface area contributed by atoms with Crippen LogP contribution in [0.25, 0.3) is 0 Å². The molecule has 9 nitrogen and oxygen atoms in total. The molecule has 2 N–H and O–H groups in total. The summed E-state index contributed by atoms with van der Waals surface area (Å²) in [5.74, 6) is 0.284. The Balaban J connectivity index is 1.95. The van der Waals surface area contributed by atoms with Crippen LogP contribution in [0, 0.1) is 6.92 Å². The SMILES string of the molecule is COC(=O)C1=C(Cn2nnc(C)n2)CS[C@@H]2C(N)C(=O)N12. The van der Waals surface area contributed by atoms with Gasteiger partial charge < -0.3 is 10.5 Å². The monoisotopic (exact) mass is 310 g/mol. The third-order valence-electron chi connectivity index (χ3n) is 3.35. The average molecular weight is 310 g/mol. The van der Waals surface area contributed by atoms with Gasteiger partial charge in [-0.05, 0) is 17.7 Å². The fourth-order valence-corrected chi connectivity index (χ4v) is 3.63. The van der Waals surface area contributed by atoms with Crippen LogP contribution in [-0.2, 0) is 20.9 Å². The minimum Gasteiger partial charge on any atom is -0.464 e. The first kappa shape index (κ1) is 14.0. The van der Waals surface area contributed by atoms with Crippen molar-refractivity contribution in [3.05, 3.63) is 17.1 Å². The van der Waals surface area contributed by atoms with Crippen LogP contribution in [-0.4, -0.2) is 61.3 Å². The van der Waals surface area contributed by atoms with Crippen molar-refractivity contribution in [3.8, 4) is 0 Å². The topological polar surface area (TPSA) is 116 Å². The maximum Gasteiger partial charge on any atom is 0.354 e. The number of nitrogens with zero attached hydrogens (tertiary/aromatic N) is 5. The summed E-state index contributed by atoms with van der Waals surface area (Å²) in [6.45, 7) is 2.01. The molecule has 3 heterocycles. The minimum absolute atomic E-state index is 0.208. The van der Waals surface area contributed by atoms with Gasteiger partial charge in [0, 0.05) is 5.75 Å². The number of rotatable bonds is 3. The van der Waals surface area contributed by atoms with Crippen molar-refractivity contribution in [2.24, 2.45) is 5.73 Å². The number of tetrazole rings is 1. The van der Waals surface area contributed by atoms with Crippen molar-refractivity contribution in [1.82, 2.24) is 25.1 Å². The van der Waals surface area contributed by atoms with Crippen molar-refractivity contribution >= 4 is 23.6 Å². The van der Waals surface area contributed by atoms with Gasteiger partial charge in [-0.3, -0.25) is 9.69 Å². The van der Waals surface area contributed by atoms with Gasteiger partial charge in [-0.25, -0.2) is 4.79 Å². The first-order valence-electron chi connectivity index (χ1n) is 6.28. The number of methoxy groups -OCH3 is 1. The molecule has 2 aliphatic rings. The van der Waals surface area contributed by atoms with Gasteiger partial charge in [0.05, 0.1) is 13.7 Å². The Hall–Kier alpha value is -1.94. The highest BCUT2D eigenvalue weighted by molar-refractivity contribution is 8.00. The maximum atomic E-state index is 12.0. The van der Waals surface area contributed by atoms with Crippen LogP contribution in [0.5, 0.6) is 0 Å². The molecule has 1 fully saturated rings. The summed E-state index contributed by atoms with van der Waals surface area (Å²) < 4.78 is 4.79. The molecular weight excluding hydrogens is 296 g/mol. The van der Waals surface area contributed by atoms with E-state index in [-0.39, 0.29) is 23.5 Å². The van der Waals surface area contributed by atoms with Crippen LogP contribution in [0.2, 0.25) is 0 Å². The zero-order valence-electron chi connectivity index (χ0n) is 11.5. The second kappa shape index (κ2) is 5.11. The van der Waals surface area contributed by atoms with E-state index < -0.39 is 12.0 Å². The molecular formula is C11H14N6O3S. The van der Waals surface area contributed by atoms with Gasteiger partial charge in [-0.15, -0.1) is 22.0 Å². The van der Waals surface area contributed by atoms with Crippen molar-refractivity contribution in [1.29, 1.82) is 0 Å². The predicted octanol–water partition coefficient (Wildman–Crippen LogP) is -1.35. The number of carbonyl (C=O) groups excluding carboxylic acids is 2. The van der Waals surface area contributed by atoms with E-state index in [0.29, 0.717) is 11.6 Å². The van der Waals surface area contributed by atoms with Crippen LogP contribution in [0.1, 0.15) is 5.82 Å². The van der Waals surface area contributed by atoms with Crippen molar-refractivity contribution < 1.29 is 14.3 Å². The zero-order chi connectivity index (χ0) is 15.1. The molecule has 1 aromatic rings. The summed E-state index contributed by atoms with van der Waals surface area (Å²) in [6.07, 6.45) is 0. The quantitative estimate of drug-likeness (QED) is 0.538. The third kappa shape index (κ3) is 2.20. The molecule has 1 unspecified atom stereocenters. The van der Waals surface area contributed by atoms with Crippen LogP contribution < -0.4 is 5.73 Å². The lowest BCUT2D eigenvalue weighted by Crippen LogP contribution is -2.68. The van der Waals surface area contributed by atoms with Gasteiger partial charge in [0.25, 0.3) is 0 Å². The van der Waals surface area contributed by atoms with Crippen molar-refractivity contribution in [2.75, 3.05) is 12.9 Å². The molecule has 112 valence electrons. The summed E-state index contributed by atoms with van der Waals surface area (Å²) in [6, 6.07) is -0.567. The lowest BCUT2D eigenvalue weighted by Gasteiger charge is -2.48. The van der Waals surface area contributed by atoms with E-state index in [1.165, 1.54) is 28.6 Å². The molecule has 2 atom stereocenters. The number of carbonyl (C=O) groups is 2. The number of aromatic nitrogens is 4. The molecule has 1 aromatic heterocycles. The highest BCUT2D eigenvalue weighted by Crippen LogP contribution is 2.39.